The van der Waals surface area contributed by atoms with Crippen molar-refractivity contribution in [2.24, 2.45) is 0 Å². The van der Waals surface area contributed by atoms with Gasteiger partial charge in [-0.25, -0.2) is 9.37 Å². The number of carbonyl (C=O) groups excluding carboxylic acids is 2. The van der Waals surface area contributed by atoms with Gasteiger partial charge < -0.3 is 15.1 Å². The van der Waals surface area contributed by atoms with E-state index in [0.717, 1.165) is 35.5 Å². The van der Waals surface area contributed by atoms with Gasteiger partial charge in [-0.15, -0.1) is 0 Å². The normalized spacial score (nSPS) is 14.6. The van der Waals surface area contributed by atoms with Gasteiger partial charge in [-0.3, -0.25) is 14.6 Å². The van der Waals surface area contributed by atoms with Crippen molar-refractivity contribution >= 4 is 23.3 Å². The molecule has 2 aromatic heterocycles. The van der Waals surface area contributed by atoms with Crippen LogP contribution in [0, 0.1) is 0 Å². The summed E-state index contributed by atoms with van der Waals surface area (Å²) >= 11 is 0. The van der Waals surface area contributed by atoms with Gasteiger partial charge >= 0.3 is 0 Å². The van der Waals surface area contributed by atoms with Crippen LogP contribution in [0.15, 0.2) is 60.9 Å². The number of alkyl halides is 1. The predicted octanol–water partition coefficient (Wildman–Crippen LogP) is 4.02. The monoisotopic (exact) mass is 461 g/mol. The molecule has 7 nitrogen and oxygen atoms in total. The Hall–Kier alpha value is -3.81. The molecule has 0 saturated carbocycles. The third-order valence-corrected chi connectivity index (χ3v) is 5.95. The van der Waals surface area contributed by atoms with E-state index in [9.17, 15) is 14.0 Å². The van der Waals surface area contributed by atoms with Gasteiger partial charge in [0.2, 0.25) is 11.8 Å². The fourth-order valence-electron chi connectivity index (χ4n) is 3.96. The Morgan fingerprint density at radius 3 is 2.35 bits per heavy atom. The summed E-state index contributed by atoms with van der Waals surface area (Å²) in [6.45, 7) is 5.97. The van der Waals surface area contributed by atoms with Gasteiger partial charge in [0.25, 0.3) is 0 Å². The lowest BCUT2D eigenvalue weighted by Gasteiger charge is -2.35. The summed E-state index contributed by atoms with van der Waals surface area (Å²) < 4.78 is 13.5. The molecule has 1 unspecified atom stereocenters. The average molecular weight is 462 g/mol. The topological polar surface area (TPSA) is 78.4 Å². The molecule has 3 aromatic rings. The van der Waals surface area contributed by atoms with Crippen LogP contribution in [0.3, 0.4) is 0 Å². The molecule has 1 aliphatic heterocycles. The Morgan fingerprint density at radius 2 is 1.74 bits per heavy atom. The molecule has 1 atom stereocenters. The lowest BCUT2D eigenvalue weighted by Crippen LogP contribution is -2.48. The molecule has 8 heteroatoms. The van der Waals surface area contributed by atoms with Crippen molar-refractivity contribution in [3.05, 3.63) is 72.2 Å². The number of rotatable bonds is 6. The molecule has 0 spiro atoms. The minimum atomic E-state index is -1.12. The first-order valence-electron chi connectivity index (χ1n) is 11.3. The molecule has 1 fully saturated rings. The minimum absolute atomic E-state index is 0.100. The molecule has 0 aliphatic carbocycles. The molecular weight excluding hydrogens is 433 g/mol. The van der Waals surface area contributed by atoms with Crippen molar-refractivity contribution in [1.82, 2.24) is 14.9 Å². The molecule has 0 radical (unpaired) electrons. The molecule has 3 heterocycles. The molecule has 4 rings (SSSR count). The van der Waals surface area contributed by atoms with Crippen LogP contribution in [-0.2, 0) is 16.0 Å². The van der Waals surface area contributed by atoms with E-state index in [1.807, 2.05) is 41.3 Å². The number of anilines is 2. The Morgan fingerprint density at radius 1 is 1.00 bits per heavy atom. The van der Waals surface area contributed by atoms with Gasteiger partial charge in [-0.2, -0.15) is 0 Å². The molecule has 1 saturated heterocycles. The smallest absolute Gasteiger partial charge is 0.229 e. The number of hydrogen-bond acceptors (Lipinski definition) is 5. The lowest BCUT2D eigenvalue weighted by atomic mass is 10.0. The number of amides is 2. The standard InChI is InChI=1S/C26H28FN5O2/c1-18(27)24-16-22(9-10-28-24)21-5-3-20(4-6-21)15-26(34)30-25-8-7-23(17-29-25)32-13-11-31(12-14-32)19(2)33/h3-10,16-18H,11-15H2,1-2H3,(H,29,30,34). The summed E-state index contributed by atoms with van der Waals surface area (Å²) in [6.07, 6.45) is 2.45. The van der Waals surface area contributed by atoms with Crippen molar-refractivity contribution in [2.75, 3.05) is 36.4 Å². The largest absolute Gasteiger partial charge is 0.367 e. The van der Waals surface area contributed by atoms with E-state index in [0.29, 0.717) is 24.6 Å². The molecule has 34 heavy (non-hydrogen) atoms. The first-order valence-corrected chi connectivity index (χ1v) is 11.3. The van der Waals surface area contributed by atoms with Crippen LogP contribution in [0.4, 0.5) is 15.9 Å². The van der Waals surface area contributed by atoms with Crippen LogP contribution >= 0.6 is 0 Å². The second kappa shape index (κ2) is 10.4. The van der Waals surface area contributed by atoms with E-state index >= 15 is 0 Å². The highest BCUT2D eigenvalue weighted by molar-refractivity contribution is 5.91. The number of carbonyl (C=O) groups is 2. The van der Waals surface area contributed by atoms with Crippen molar-refractivity contribution < 1.29 is 14.0 Å². The maximum absolute atomic E-state index is 13.5. The summed E-state index contributed by atoms with van der Waals surface area (Å²) in [6, 6.07) is 14.9. The van der Waals surface area contributed by atoms with Crippen LogP contribution in [0.1, 0.15) is 31.3 Å². The molecule has 2 amide bonds. The number of nitrogens with one attached hydrogen (secondary N) is 1. The third-order valence-electron chi connectivity index (χ3n) is 5.95. The number of hydrogen-bond donors (Lipinski definition) is 1. The predicted molar refractivity (Wildman–Crippen MR) is 130 cm³/mol. The lowest BCUT2D eigenvalue weighted by molar-refractivity contribution is -0.129. The first kappa shape index (κ1) is 23.4. The van der Waals surface area contributed by atoms with E-state index in [4.69, 9.17) is 0 Å². The Kier molecular flexibility index (Phi) is 7.15. The zero-order valence-corrected chi connectivity index (χ0v) is 19.4. The van der Waals surface area contributed by atoms with E-state index in [1.54, 1.807) is 31.5 Å². The van der Waals surface area contributed by atoms with Gasteiger partial charge in [-0.1, -0.05) is 24.3 Å². The third kappa shape index (κ3) is 5.75. The van der Waals surface area contributed by atoms with E-state index in [-0.39, 0.29) is 18.2 Å². The molecule has 0 bridgehead atoms. The number of piperazine rings is 1. The van der Waals surface area contributed by atoms with Crippen molar-refractivity contribution in [3.63, 3.8) is 0 Å². The number of halogens is 1. The number of aromatic nitrogens is 2. The fourth-order valence-corrected chi connectivity index (χ4v) is 3.96. The van der Waals surface area contributed by atoms with E-state index in [1.165, 1.54) is 6.92 Å². The second-order valence-electron chi connectivity index (χ2n) is 8.40. The zero-order valence-electron chi connectivity index (χ0n) is 19.4. The Balaban J connectivity index is 1.31. The average Bonchev–Trinajstić information content (AvgIpc) is 2.85. The number of benzene rings is 1. The Bertz CT molecular complexity index is 1140. The number of nitrogens with zero attached hydrogens (tertiary/aromatic N) is 4. The Labute approximate surface area is 198 Å². The maximum Gasteiger partial charge on any atom is 0.229 e. The highest BCUT2D eigenvalue weighted by Crippen LogP contribution is 2.24. The second-order valence-corrected chi connectivity index (χ2v) is 8.40. The van der Waals surface area contributed by atoms with Crippen molar-refractivity contribution in [3.8, 4) is 11.1 Å². The highest BCUT2D eigenvalue weighted by Gasteiger charge is 2.19. The van der Waals surface area contributed by atoms with Gasteiger partial charge in [0.1, 0.15) is 12.0 Å². The van der Waals surface area contributed by atoms with E-state index < -0.39 is 6.17 Å². The van der Waals surface area contributed by atoms with Crippen LogP contribution in [-0.4, -0.2) is 52.9 Å². The summed E-state index contributed by atoms with van der Waals surface area (Å²) in [4.78, 5) is 36.4. The molecule has 176 valence electrons. The van der Waals surface area contributed by atoms with E-state index in [2.05, 4.69) is 20.2 Å². The van der Waals surface area contributed by atoms with Crippen molar-refractivity contribution in [2.45, 2.75) is 26.4 Å². The molecule has 1 aliphatic rings. The summed E-state index contributed by atoms with van der Waals surface area (Å²) in [5, 5.41) is 2.84. The summed E-state index contributed by atoms with van der Waals surface area (Å²) in [7, 11) is 0. The summed E-state index contributed by atoms with van der Waals surface area (Å²) in [5.41, 5.74) is 4.07. The minimum Gasteiger partial charge on any atom is -0.367 e. The summed E-state index contributed by atoms with van der Waals surface area (Å²) in [5.74, 6) is 0.446. The van der Waals surface area contributed by atoms with Gasteiger partial charge in [0, 0.05) is 39.3 Å². The molecular formula is C26H28FN5O2. The van der Waals surface area contributed by atoms with Gasteiger partial charge in [-0.05, 0) is 47.9 Å². The van der Waals surface area contributed by atoms with Gasteiger partial charge in [0.15, 0.2) is 0 Å². The SMILES string of the molecule is CC(=O)N1CCN(c2ccc(NC(=O)Cc3ccc(-c4ccnc(C(C)F)c4)cc3)nc2)CC1. The first-order chi connectivity index (χ1) is 16.4. The number of pyridine rings is 2. The van der Waals surface area contributed by atoms with Crippen LogP contribution in [0.5, 0.6) is 0 Å². The zero-order chi connectivity index (χ0) is 24.1. The van der Waals surface area contributed by atoms with Gasteiger partial charge in [0.05, 0.1) is 24.0 Å². The molecule has 1 aromatic carbocycles. The van der Waals surface area contributed by atoms with Crippen molar-refractivity contribution in [1.29, 1.82) is 0 Å². The van der Waals surface area contributed by atoms with Crippen LogP contribution in [0.2, 0.25) is 0 Å². The quantitative estimate of drug-likeness (QED) is 0.600. The maximum atomic E-state index is 13.5. The highest BCUT2D eigenvalue weighted by atomic mass is 19.1. The van der Waals surface area contributed by atoms with Crippen LogP contribution in [0.25, 0.3) is 11.1 Å². The van der Waals surface area contributed by atoms with Crippen LogP contribution < -0.4 is 10.2 Å². The fraction of sp³-hybridized carbons (Fsp3) is 0.308. The molecule has 1 N–H and O–H groups in total.